The van der Waals surface area contributed by atoms with Crippen LogP contribution in [0.4, 0.5) is 4.79 Å². The summed E-state index contributed by atoms with van der Waals surface area (Å²) in [6.45, 7) is 5.96. The number of ether oxygens (including phenoxy) is 1. The largest absolute Gasteiger partial charge is 0.433 e. The summed E-state index contributed by atoms with van der Waals surface area (Å²) in [5.41, 5.74) is 0. The molecule has 0 aromatic heterocycles. The standard InChI is InChI=1S/C7H14ClNO2/c1-5(2)6(3)9-7(10)11-4-8/h5-6H,4H2,1-3H3,(H,9,10). The summed E-state index contributed by atoms with van der Waals surface area (Å²) in [4.78, 5) is 10.7. The summed E-state index contributed by atoms with van der Waals surface area (Å²) in [5, 5.41) is 2.63. The Hall–Kier alpha value is -0.440. The van der Waals surface area contributed by atoms with E-state index in [9.17, 15) is 4.79 Å². The molecule has 0 aromatic rings. The topological polar surface area (TPSA) is 38.3 Å². The fourth-order valence-corrected chi connectivity index (χ4v) is 0.543. The maximum absolute atomic E-state index is 10.7. The molecule has 0 aromatic carbocycles. The molecule has 0 heterocycles. The van der Waals surface area contributed by atoms with Crippen molar-refractivity contribution in [2.45, 2.75) is 26.8 Å². The molecular formula is C7H14ClNO2. The van der Waals surface area contributed by atoms with Crippen LogP contribution in [-0.2, 0) is 4.74 Å². The van der Waals surface area contributed by atoms with Gasteiger partial charge in [0.2, 0.25) is 0 Å². The van der Waals surface area contributed by atoms with Gasteiger partial charge < -0.3 is 10.1 Å². The lowest BCUT2D eigenvalue weighted by atomic mass is 10.1. The van der Waals surface area contributed by atoms with Crippen LogP contribution in [0.3, 0.4) is 0 Å². The Balaban J connectivity index is 3.57. The van der Waals surface area contributed by atoms with Crippen molar-refractivity contribution in [3.05, 3.63) is 0 Å². The van der Waals surface area contributed by atoms with Crippen molar-refractivity contribution in [3.63, 3.8) is 0 Å². The lowest BCUT2D eigenvalue weighted by Crippen LogP contribution is -2.36. The van der Waals surface area contributed by atoms with Gasteiger partial charge in [-0.25, -0.2) is 4.79 Å². The zero-order valence-corrected chi connectivity index (χ0v) is 7.81. The second kappa shape index (κ2) is 5.24. The van der Waals surface area contributed by atoms with Crippen LogP contribution in [0, 0.1) is 5.92 Å². The third kappa shape index (κ3) is 4.90. The van der Waals surface area contributed by atoms with E-state index in [0.29, 0.717) is 5.92 Å². The Morgan fingerprint density at radius 2 is 2.09 bits per heavy atom. The van der Waals surface area contributed by atoms with Crippen LogP contribution in [0.2, 0.25) is 0 Å². The number of carbonyl (C=O) groups excluding carboxylic acids is 1. The summed E-state index contributed by atoms with van der Waals surface area (Å²) in [6, 6.07) is 0.0159. The minimum absolute atomic E-state index is 0.101. The third-order valence-corrected chi connectivity index (χ3v) is 1.64. The third-order valence-electron chi connectivity index (χ3n) is 1.53. The molecule has 11 heavy (non-hydrogen) atoms. The number of alkyl halides is 1. The molecule has 0 radical (unpaired) electrons. The first kappa shape index (κ1) is 10.6. The van der Waals surface area contributed by atoms with Crippen LogP contribution in [0.5, 0.6) is 0 Å². The van der Waals surface area contributed by atoms with Crippen LogP contribution in [0.1, 0.15) is 20.8 Å². The van der Waals surface area contributed by atoms with E-state index in [1.807, 2.05) is 20.8 Å². The maximum Gasteiger partial charge on any atom is 0.408 e. The van der Waals surface area contributed by atoms with Gasteiger partial charge in [0.25, 0.3) is 0 Å². The first-order valence-electron chi connectivity index (χ1n) is 3.57. The summed E-state index contributed by atoms with van der Waals surface area (Å²) in [7, 11) is 0. The van der Waals surface area contributed by atoms with E-state index in [1.54, 1.807) is 0 Å². The van der Waals surface area contributed by atoms with Gasteiger partial charge in [0.1, 0.15) is 0 Å². The van der Waals surface area contributed by atoms with Crippen molar-refractivity contribution in [2.24, 2.45) is 5.92 Å². The van der Waals surface area contributed by atoms with Gasteiger partial charge in [0.15, 0.2) is 6.07 Å². The predicted molar refractivity (Wildman–Crippen MR) is 44.6 cm³/mol. The molecule has 1 amide bonds. The minimum Gasteiger partial charge on any atom is -0.433 e. The maximum atomic E-state index is 10.7. The van der Waals surface area contributed by atoms with Crippen molar-refractivity contribution in [1.82, 2.24) is 5.32 Å². The minimum atomic E-state index is -0.457. The van der Waals surface area contributed by atoms with Gasteiger partial charge in [-0.2, -0.15) is 0 Å². The second-order valence-electron chi connectivity index (χ2n) is 2.72. The van der Waals surface area contributed by atoms with Crippen LogP contribution < -0.4 is 5.32 Å². The number of halogens is 1. The van der Waals surface area contributed by atoms with E-state index < -0.39 is 6.09 Å². The van der Waals surface area contributed by atoms with Gasteiger partial charge in [0.05, 0.1) is 0 Å². The number of alkyl carbamates (subject to hydrolysis) is 1. The van der Waals surface area contributed by atoms with Gasteiger partial charge in [-0.3, -0.25) is 0 Å². The van der Waals surface area contributed by atoms with Gasteiger partial charge in [0, 0.05) is 6.04 Å². The molecule has 1 atom stereocenters. The summed E-state index contributed by atoms with van der Waals surface area (Å²) in [5.74, 6) is 0.401. The summed E-state index contributed by atoms with van der Waals surface area (Å²) in [6.07, 6.45) is -0.457. The van der Waals surface area contributed by atoms with Crippen molar-refractivity contribution in [3.8, 4) is 0 Å². The Kier molecular flexibility index (Phi) is 5.03. The molecule has 1 N–H and O–H groups in total. The molecule has 0 bridgehead atoms. The highest BCUT2D eigenvalue weighted by Gasteiger charge is 2.10. The number of nitrogens with one attached hydrogen (secondary N) is 1. The highest BCUT2D eigenvalue weighted by Crippen LogP contribution is 1.99. The van der Waals surface area contributed by atoms with Crippen LogP contribution in [-0.4, -0.2) is 18.2 Å². The summed E-state index contributed by atoms with van der Waals surface area (Å²) < 4.78 is 4.48. The SMILES string of the molecule is CC(C)C(C)NC(=O)OCCl. The van der Waals surface area contributed by atoms with E-state index in [1.165, 1.54) is 0 Å². The quantitative estimate of drug-likeness (QED) is 0.673. The van der Waals surface area contributed by atoms with Gasteiger partial charge in [-0.05, 0) is 12.8 Å². The fourth-order valence-electron chi connectivity index (χ4n) is 0.444. The molecule has 66 valence electrons. The average Bonchev–Trinajstić information content (AvgIpc) is 1.87. The number of carbonyl (C=O) groups is 1. The first-order valence-corrected chi connectivity index (χ1v) is 4.10. The Bertz CT molecular complexity index is 128. The Morgan fingerprint density at radius 3 is 2.45 bits per heavy atom. The van der Waals surface area contributed by atoms with Gasteiger partial charge >= 0.3 is 6.09 Å². The molecule has 0 rings (SSSR count). The predicted octanol–water partition coefficient (Wildman–Crippen LogP) is 1.95. The molecule has 0 aliphatic heterocycles. The highest BCUT2D eigenvalue weighted by atomic mass is 35.5. The van der Waals surface area contributed by atoms with Crippen molar-refractivity contribution in [1.29, 1.82) is 0 Å². The second-order valence-corrected chi connectivity index (χ2v) is 2.94. The number of rotatable bonds is 3. The molecular weight excluding hydrogens is 166 g/mol. The molecule has 0 aliphatic rings. The van der Waals surface area contributed by atoms with Crippen molar-refractivity contribution < 1.29 is 9.53 Å². The van der Waals surface area contributed by atoms with Crippen LogP contribution in [0.15, 0.2) is 0 Å². The van der Waals surface area contributed by atoms with Gasteiger partial charge in [-0.1, -0.05) is 25.4 Å². The van der Waals surface area contributed by atoms with Gasteiger partial charge in [-0.15, -0.1) is 0 Å². The zero-order valence-electron chi connectivity index (χ0n) is 7.06. The number of hydrogen-bond acceptors (Lipinski definition) is 2. The summed E-state index contributed by atoms with van der Waals surface area (Å²) >= 11 is 5.18. The van der Waals surface area contributed by atoms with E-state index in [4.69, 9.17) is 11.6 Å². The Labute approximate surface area is 72.1 Å². The molecule has 0 saturated heterocycles. The molecule has 4 heteroatoms. The van der Waals surface area contributed by atoms with Crippen LogP contribution >= 0.6 is 11.6 Å². The number of amides is 1. The molecule has 0 saturated carbocycles. The smallest absolute Gasteiger partial charge is 0.408 e. The molecule has 0 spiro atoms. The van der Waals surface area contributed by atoms with Crippen molar-refractivity contribution >= 4 is 17.7 Å². The van der Waals surface area contributed by atoms with Crippen molar-refractivity contribution in [2.75, 3.05) is 6.07 Å². The zero-order chi connectivity index (χ0) is 8.85. The Morgan fingerprint density at radius 1 is 1.55 bits per heavy atom. The molecule has 0 fully saturated rings. The normalized spacial score (nSPS) is 12.8. The van der Waals surface area contributed by atoms with E-state index in [-0.39, 0.29) is 12.1 Å². The van der Waals surface area contributed by atoms with E-state index in [0.717, 1.165) is 0 Å². The molecule has 3 nitrogen and oxygen atoms in total. The molecule has 1 unspecified atom stereocenters. The lowest BCUT2D eigenvalue weighted by Gasteiger charge is -2.16. The lowest BCUT2D eigenvalue weighted by molar-refractivity contribution is 0.158. The van der Waals surface area contributed by atoms with E-state index >= 15 is 0 Å². The first-order chi connectivity index (χ1) is 5.07. The molecule has 0 aliphatic carbocycles. The number of hydrogen-bond donors (Lipinski definition) is 1. The fraction of sp³-hybridized carbons (Fsp3) is 0.857. The highest BCUT2D eigenvalue weighted by molar-refractivity contribution is 6.17. The average molecular weight is 180 g/mol. The van der Waals surface area contributed by atoms with Crippen LogP contribution in [0.25, 0.3) is 0 Å². The monoisotopic (exact) mass is 179 g/mol. The van der Waals surface area contributed by atoms with E-state index in [2.05, 4.69) is 10.1 Å².